The summed E-state index contributed by atoms with van der Waals surface area (Å²) >= 11 is 6.17. The Morgan fingerprint density at radius 1 is 1.10 bits per heavy atom. The molecule has 29 heavy (non-hydrogen) atoms. The van der Waals surface area contributed by atoms with Crippen LogP contribution < -0.4 is 9.62 Å². The number of amides is 1. The highest BCUT2D eigenvalue weighted by molar-refractivity contribution is 7.92. The summed E-state index contributed by atoms with van der Waals surface area (Å²) in [5.41, 5.74) is 1.06. The normalized spacial score (nSPS) is 10.9. The molecule has 1 amide bonds. The first-order valence-corrected chi connectivity index (χ1v) is 10.4. The predicted molar refractivity (Wildman–Crippen MR) is 115 cm³/mol. The third kappa shape index (κ3) is 4.64. The van der Waals surface area contributed by atoms with E-state index >= 15 is 0 Å². The molecule has 0 saturated heterocycles. The average Bonchev–Trinajstić information content (AvgIpc) is 2.73. The van der Waals surface area contributed by atoms with Gasteiger partial charge in [-0.05, 0) is 42.5 Å². The molecule has 0 saturated carbocycles. The Labute approximate surface area is 174 Å². The van der Waals surface area contributed by atoms with E-state index in [0.717, 1.165) is 0 Å². The Kier molecular flexibility index (Phi) is 6.31. The third-order valence-corrected chi connectivity index (χ3v) is 6.17. The summed E-state index contributed by atoms with van der Waals surface area (Å²) in [6.45, 7) is 3.72. The maximum atomic E-state index is 13.3. The van der Waals surface area contributed by atoms with Crippen LogP contribution in [0.5, 0.6) is 0 Å². The van der Waals surface area contributed by atoms with Crippen LogP contribution >= 0.6 is 11.6 Å². The van der Waals surface area contributed by atoms with Crippen molar-refractivity contribution in [1.82, 2.24) is 4.98 Å². The lowest BCUT2D eigenvalue weighted by Gasteiger charge is -2.23. The van der Waals surface area contributed by atoms with E-state index in [1.807, 2.05) is 0 Å². The smallest absolute Gasteiger partial charge is 0.264 e. The third-order valence-electron chi connectivity index (χ3n) is 4.05. The molecule has 148 valence electrons. The van der Waals surface area contributed by atoms with Crippen LogP contribution in [0, 0.1) is 0 Å². The van der Waals surface area contributed by atoms with Gasteiger partial charge in [0.15, 0.2) is 0 Å². The number of hydrogen-bond acceptors (Lipinski definition) is 4. The second kappa shape index (κ2) is 8.89. The average molecular weight is 428 g/mol. The van der Waals surface area contributed by atoms with Crippen molar-refractivity contribution in [3.63, 3.8) is 0 Å². The van der Waals surface area contributed by atoms with E-state index < -0.39 is 15.9 Å². The molecule has 0 radical (unpaired) electrons. The van der Waals surface area contributed by atoms with Crippen LogP contribution in [0.15, 0.2) is 90.6 Å². The molecule has 1 aromatic heterocycles. The Balaban J connectivity index is 1.98. The SMILES string of the molecule is C=CCN(c1ccccc1)S(=O)(=O)c1ccc(Cl)c(C(=O)Nc2ccncc2)c1. The summed E-state index contributed by atoms with van der Waals surface area (Å²) in [5, 5.41) is 2.82. The summed E-state index contributed by atoms with van der Waals surface area (Å²) in [7, 11) is -3.95. The zero-order valence-electron chi connectivity index (χ0n) is 15.3. The van der Waals surface area contributed by atoms with Gasteiger partial charge in [0.05, 0.1) is 27.7 Å². The number of carbonyl (C=O) groups is 1. The van der Waals surface area contributed by atoms with E-state index in [9.17, 15) is 13.2 Å². The van der Waals surface area contributed by atoms with Crippen molar-refractivity contribution >= 4 is 38.9 Å². The number of nitrogens with zero attached hydrogens (tertiary/aromatic N) is 2. The molecule has 0 bridgehead atoms. The monoisotopic (exact) mass is 427 g/mol. The van der Waals surface area contributed by atoms with Gasteiger partial charge in [-0.1, -0.05) is 35.9 Å². The highest BCUT2D eigenvalue weighted by Crippen LogP contribution is 2.27. The maximum Gasteiger partial charge on any atom is 0.264 e. The summed E-state index contributed by atoms with van der Waals surface area (Å²) in [6.07, 6.45) is 4.56. The van der Waals surface area contributed by atoms with Gasteiger partial charge in [0.25, 0.3) is 15.9 Å². The molecule has 0 atom stereocenters. The summed E-state index contributed by atoms with van der Waals surface area (Å²) in [5.74, 6) is -0.520. The maximum absolute atomic E-state index is 13.3. The van der Waals surface area contributed by atoms with Gasteiger partial charge in [-0.25, -0.2) is 8.42 Å². The van der Waals surface area contributed by atoms with Crippen molar-refractivity contribution in [3.8, 4) is 0 Å². The van der Waals surface area contributed by atoms with E-state index in [2.05, 4.69) is 16.9 Å². The molecule has 1 N–H and O–H groups in total. The van der Waals surface area contributed by atoms with Gasteiger partial charge < -0.3 is 5.32 Å². The minimum absolute atomic E-state index is 0.0486. The van der Waals surface area contributed by atoms with Gasteiger partial charge in [0, 0.05) is 18.1 Å². The summed E-state index contributed by atoms with van der Waals surface area (Å²) in [4.78, 5) is 16.5. The number of aromatic nitrogens is 1. The molecule has 6 nitrogen and oxygen atoms in total. The fourth-order valence-electron chi connectivity index (χ4n) is 2.65. The lowest BCUT2D eigenvalue weighted by Crippen LogP contribution is -2.31. The van der Waals surface area contributed by atoms with Crippen LogP contribution in [-0.4, -0.2) is 25.9 Å². The van der Waals surface area contributed by atoms with Crippen LogP contribution in [0.3, 0.4) is 0 Å². The first kappa shape index (κ1) is 20.6. The molecule has 1 heterocycles. The van der Waals surface area contributed by atoms with E-state index in [-0.39, 0.29) is 22.0 Å². The lowest BCUT2D eigenvalue weighted by molar-refractivity contribution is 0.102. The van der Waals surface area contributed by atoms with Crippen molar-refractivity contribution in [1.29, 1.82) is 0 Å². The summed E-state index contributed by atoms with van der Waals surface area (Å²) in [6, 6.07) is 15.9. The van der Waals surface area contributed by atoms with Crippen LogP contribution in [0.1, 0.15) is 10.4 Å². The minimum Gasteiger partial charge on any atom is -0.322 e. The summed E-state index contributed by atoms with van der Waals surface area (Å²) < 4.78 is 27.7. The molecular formula is C21H18ClN3O3S. The molecule has 2 aromatic carbocycles. The Hall–Kier alpha value is -3.16. The Morgan fingerprint density at radius 2 is 1.79 bits per heavy atom. The number of sulfonamides is 1. The van der Waals surface area contributed by atoms with Crippen LogP contribution in [-0.2, 0) is 10.0 Å². The van der Waals surface area contributed by atoms with Crippen LogP contribution in [0.25, 0.3) is 0 Å². The molecule has 3 aromatic rings. The van der Waals surface area contributed by atoms with Gasteiger partial charge in [0.1, 0.15) is 0 Å². The molecule has 0 unspecified atom stereocenters. The van der Waals surface area contributed by atoms with Gasteiger partial charge in [-0.3, -0.25) is 14.1 Å². The number of hydrogen-bond donors (Lipinski definition) is 1. The number of nitrogens with one attached hydrogen (secondary N) is 1. The fraction of sp³-hybridized carbons (Fsp3) is 0.0476. The molecule has 3 rings (SSSR count). The van der Waals surface area contributed by atoms with Crippen molar-refractivity contribution in [3.05, 3.63) is 96.3 Å². The van der Waals surface area contributed by atoms with Crippen molar-refractivity contribution in [2.24, 2.45) is 0 Å². The number of carbonyl (C=O) groups excluding carboxylic acids is 1. The molecule has 8 heteroatoms. The lowest BCUT2D eigenvalue weighted by atomic mass is 10.2. The van der Waals surface area contributed by atoms with E-state index in [1.165, 1.54) is 41.0 Å². The zero-order chi connectivity index (χ0) is 20.9. The van der Waals surface area contributed by atoms with Crippen molar-refractivity contribution < 1.29 is 13.2 Å². The van der Waals surface area contributed by atoms with Gasteiger partial charge >= 0.3 is 0 Å². The number of pyridine rings is 1. The van der Waals surface area contributed by atoms with E-state index in [1.54, 1.807) is 42.5 Å². The molecule has 0 fully saturated rings. The molecular weight excluding hydrogens is 410 g/mol. The number of halogens is 1. The Morgan fingerprint density at radius 3 is 2.45 bits per heavy atom. The molecule has 0 aliphatic heterocycles. The first-order valence-electron chi connectivity index (χ1n) is 8.63. The Bertz CT molecular complexity index is 1120. The molecule has 0 aliphatic rings. The number of para-hydroxylation sites is 1. The molecule has 0 aliphatic carbocycles. The van der Waals surface area contributed by atoms with Crippen molar-refractivity contribution in [2.75, 3.05) is 16.2 Å². The molecule has 0 spiro atoms. The largest absolute Gasteiger partial charge is 0.322 e. The van der Waals surface area contributed by atoms with Gasteiger partial charge in [-0.2, -0.15) is 0 Å². The standard InChI is InChI=1S/C21H18ClN3O3S/c1-2-14-25(17-6-4-3-5-7-17)29(27,28)18-8-9-20(22)19(15-18)21(26)24-16-10-12-23-13-11-16/h2-13,15H,1,14H2,(H,23,24,26). The van der Waals surface area contributed by atoms with Gasteiger partial charge in [-0.15, -0.1) is 6.58 Å². The van der Waals surface area contributed by atoms with E-state index in [4.69, 9.17) is 11.6 Å². The first-order chi connectivity index (χ1) is 13.9. The minimum atomic E-state index is -3.95. The fourth-order valence-corrected chi connectivity index (χ4v) is 4.32. The highest BCUT2D eigenvalue weighted by atomic mass is 35.5. The second-order valence-electron chi connectivity index (χ2n) is 5.99. The highest BCUT2D eigenvalue weighted by Gasteiger charge is 2.26. The number of rotatable bonds is 7. The number of benzene rings is 2. The predicted octanol–water partition coefficient (Wildman–Crippen LogP) is 4.37. The van der Waals surface area contributed by atoms with Gasteiger partial charge in [0.2, 0.25) is 0 Å². The van der Waals surface area contributed by atoms with Crippen LogP contribution in [0.2, 0.25) is 5.02 Å². The quantitative estimate of drug-likeness (QED) is 0.568. The second-order valence-corrected chi connectivity index (χ2v) is 8.26. The topological polar surface area (TPSA) is 79.4 Å². The number of anilines is 2. The van der Waals surface area contributed by atoms with Crippen LogP contribution in [0.4, 0.5) is 11.4 Å². The van der Waals surface area contributed by atoms with Crippen molar-refractivity contribution in [2.45, 2.75) is 4.90 Å². The zero-order valence-corrected chi connectivity index (χ0v) is 16.9. The van der Waals surface area contributed by atoms with E-state index in [0.29, 0.717) is 11.4 Å².